The molecule has 0 saturated carbocycles. The van der Waals surface area contributed by atoms with Crippen LogP contribution in [0.2, 0.25) is 0 Å². The largest absolute Gasteiger partial charge is 0.466 e. The highest BCUT2D eigenvalue weighted by atomic mass is 32.3. The van der Waals surface area contributed by atoms with Gasteiger partial charge in [0.25, 0.3) is 0 Å². The van der Waals surface area contributed by atoms with Gasteiger partial charge in [-0.1, -0.05) is 23.0 Å². The zero-order chi connectivity index (χ0) is 19.9. The third-order valence-electron chi connectivity index (χ3n) is 3.15. The molecule has 0 aromatic rings. The van der Waals surface area contributed by atoms with Gasteiger partial charge >= 0.3 is 10.4 Å². The Labute approximate surface area is 157 Å². The molecular formula is C12H21NO10S3. The van der Waals surface area contributed by atoms with Crippen molar-refractivity contribution in [2.24, 2.45) is 5.16 Å². The van der Waals surface area contributed by atoms with Gasteiger partial charge in [0.05, 0.1) is 6.61 Å². The van der Waals surface area contributed by atoms with Crippen LogP contribution in [0.25, 0.3) is 0 Å². The molecule has 1 aliphatic heterocycles. The SMILES string of the molecule is CS(=O)C=CCCC(=NOS(=O)(=O)O)S[C@@H]1O[C@H](CO)[C@@H](O)[C@H](O)[C@H]1O. The Morgan fingerprint density at radius 3 is 2.50 bits per heavy atom. The third-order valence-corrected chi connectivity index (χ3v) is 5.16. The minimum atomic E-state index is -4.85. The zero-order valence-electron chi connectivity index (χ0n) is 13.6. The Morgan fingerprint density at radius 1 is 1.31 bits per heavy atom. The highest BCUT2D eigenvalue weighted by molar-refractivity contribution is 8.14. The summed E-state index contributed by atoms with van der Waals surface area (Å²) in [4.78, 5) is 0. The second kappa shape index (κ2) is 10.7. The van der Waals surface area contributed by atoms with Gasteiger partial charge in [-0.3, -0.25) is 8.76 Å². The molecule has 0 amide bonds. The summed E-state index contributed by atoms with van der Waals surface area (Å²) in [6.45, 7) is -0.624. The van der Waals surface area contributed by atoms with Gasteiger partial charge in [0.1, 0.15) is 34.9 Å². The van der Waals surface area contributed by atoms with Crippen molar-refractivity contribution in [1.82, 2.24) is 0 Å². The normalized spacial score (nSPS) is 31.9. The molecule has 5 N–H and O–H groups in total. The maximum absolute atomic E-state index is 11.0. The highest BCUT2D eigenvalue weighted by Crippen LogP contribution is 2.30. The first kappa shape index (κ1) is 23.5. The number of ether oxygens (including phenoxy) is 1. The average molecular weight is 435 g/mol. The number of rotatable bonds is 8. The number of aliphatic hydroxyl groups excluding tert-OH is 4. The summed E-state index contributed by atoms with van der Waals surface area (Å²) in [5.74, 6) is 0. The van der Waals surface area contributed by atoms with Crippen molar-refractivity contribution in [3.63, 3.8) is 0 Å². The summed E-state index contributed by atoms with van der Waals surface area (Å²) in [6, 6.07) is 0. The predicted molar refractivity (Wildman–Crippen MR) is 93.9 cm³/mol. The predicted octanol–water partition coefficient (Wildman–Crippen LogP) is -1.68. The molecule has 6 atom stereocenters. The van der Waals surface area contributed by atoms with E-state index in [-0.39, 0.29) is 17.9 Å². The van der Waals surface area contributed by atoms with Gasteiger partial charge in [0.2, 0.25) is 0 Å². The van der Waals surface area contributed by atoms with Crippen LogP contribution in [-0.2, 0) is 30.2 Å². The number of hydrogen-bond donors (Lipinski definition) is 5. The van der Waals surface area contributed by atoms with Crippen LogP contribution in [0.3, 0.4) is 0 Å². The van der Waals surface area contributed by atoms with Crippen molar-refractivity contribution >= 4 is 38.0 Å². The fourth-order valence-corrected chi connectivity index (χ4v) is 3.65. The molecule has 0 bridgehead atoms. The number of allylic oxidation sites excluding steroid dienone is 1. The standard InChI is InChI=1S/C12H21NO10S3/c1-25(18)5-3-2-4-8(13-23-26(19,20)21)24-12-11(17)10(16)9(15)7(6-14)22-12/h3,5,7,9-12,14-17H,2,4,6H2,1H3,(H,19,20,21)/t7-,9-,10+,11-,12+,25?/m1/s1. The molecule has 0 aromatic heterocycles. The molecule has 0 aliphatic carbocycles. The lowest BCUT2D eigenvalue weighted by Gasteiger charge is -2.39. The first-order valence-corrected chi connectivity index (χ1v) is 11.1. The summed E-state index contributed by atoms with van der Waals surface area (Å²) in [5, 5.41) is 43.3. The molecule has 11 nitrogen and oxygen atoms in total. The molecule has 26 heavy (non-hydrogen) atoms. The van der Waals surface area contributed by atoms with Gasteiger partial charge in [-0.05, 0) is 11.8 Å². The van der Waals surface area contributed by atoms with E-state index in [1.807, 2.05) is 0 Å². The first-order valence-electron chi connectivity index (χ1n) is 7.24. The van der Waals surface area contributed by atoms with Crippen LogP contribution in [0.5, 0.6) is 0 Å². The van der Waals surface area contributed by atoms with Gasteiger partial charge in [-0.15, -0.1) is 0 Å². The van der Waals surface area contributed by atoms with E-state index in [4.69, 9.17) is 14.4 Å². The maximum atomic E-state index is 11.0. The van der Waals surface area contributed by atoms with Crippen molar-refractivity contribution in [2.75, 3.05) is 12.9 Å². The van der Waals surface area contributed by atoms with Gasteiger partial charge in [-0.2, -0.15) is 8.42 Å². The van der Waals surface area contributed by atoms with Gasteiger partial charge in [0, 0.05) is 23.5 Å². The fraction of sp³-hybridized carbons (Fsp3) is 0.750. The van der Waals surface area contributed by atoms with Gasteiger partial charge in [-0.25, -0.2) is 4.28 Å². The molecule has 0 spiro atoms. The van der Waals surface area contributed by atoms with Crippen molar-refractivity contribution in [3.8, 4) is 0 Å². The average Bonchev–Trinajstić information content (AvgIpc) is 2.55. The Morgan fingerprint density at radius 2 is 1.96 bits per heavy atom. The molecule has 152 valence electrons. The van der Waals surface area contributed by atoms with Crippen LogP contribution in [0, 0.1) is 0 Å². The molecule has 1 saturated heterocycles. The Balaban J connectivity index is 2.87. The monoisotopic (exact) mass is 435 g/mol. The van der Waals surface area contributed by atoms with Crippen LogP contribution >= 0.6 is 11.8 Å². The van der Waals surface area contributed by atoms with Crippen LogP contribution in [0.15, 0.2) is 16.6 Å². The molecule has 0 aromatic carbocycles. The Bertz CT molecular complexity index is 635. The summed E-state index contributed by atoms with van der Waals surface area (Å²) in [7, 11) is -6.03. The number of hydrogen-bond acceptors (Lipinski definition) is 11. The number of aliphatic hydroxyl groups is 4. The minimum Gasteiger partial charge on any atom is -0.394 e. The maximum Gasteiger partial charge on any atom is 0.466 e. The Hall–Kier alpha value is -0.580. The van der Waals surface area contributed by atoms with Crippen LogP contribution in [0.1, 0.15) is 12.8 Å². The molecular weight excluding hydrogens is 414 g/mol. The Kier molecular flexibility index (Phi) is 9.63. The molecule has 0 radical (unpaired) electrons. The van der Waals surface area contributed by atoms with Crippen molar-refractivity contribution in [1.29, 1.82) is 0 Å². The molecule has 1 aliphatic rings. The van der Waals surface area contributed by atoms with E-state index >= 15 is 0 Å². The van der Waals surface area contributed by atoms with Crippen molar-refractivity contribution in [3.05, 3.63) is 11.5 Å². The summed E-state index contributed by atoms with van der Waals surface area (Å²) >= 11 is 0.683. The van der Waals surface area contributed by atoms with E-state index < -0.39 is 57.7 Å². The summed E-state index contributed by atoms with van der Waals surface area (Å²) < 4.78 is 50.2. The van der Waals surface area contributed by atoms with E-state index in [9.17, 15) is 27.9 Å². The first-order chi connectivity index (χ1) is 12.0. The van der Waals surface area contributed by atoms with Crippen LogP contribution in [-0.4, -0.2) is 85.4 Å². The fourth-order valence-electron chi connectivity index (χ4n) is 1.92. The lowest BCUT2D eigenvalue weighted by Crippen LogP contribution is -2.57. The minimum absolute atomic E-state index is 0.0292. The van der Waals surface area contributed by atoms with E-state index in [0.717, 1.165) is 0 Å². The smallest absolute Gasteiger partial charge is 0.394 e. The van der Waals surface area contributed by atoms with E-state index in [1.165, 1.54) is 11.7 Å². The number of nitrogens with zero attached hydrogens (tertiary/aromatic N) is 1. The molecule has 1 heterocycles. The van der Waals surface area contributed by atoms with E-state index in [1.54, 1.807) is 6.08 Å². The number of thioether (sulfide) groups is 1. The van der Waals surface area contributed by atoms with E-state index in [2.05, 4.69) is 9.44 Å². The van der Waals surface area contributed by atoms with Gasteiger partial charge < -0.3 is 25.2 Å². The van der Waals surface area contributed by atoms with Crippen molar-refractivity contribution < 1.29 is 46.6 Å². The second-order valence-corrected chi connectivity index (χ2v) is 8.66. The summed E-state index contributed by atoms with van der Waals surface area (Å²) in [5.41, 5.74) is -1.20. The lowest BCUT2D eigenvalue weighted by molar-refractivity contribution is -0.205. The second-order valence-electron chi connectivity index (χ2n) is 5.21. The third kappa shape index (κ3) is 7.98. The topological polar surface area (TPSA) is 183 Å². The zero-order valence-corrected chi connectivity index (χ0v) is 16.1. The number of oxime groups is 1. The van der Waals surface area contributed by atoms with E-state index in [0.29, 0.717) is 11.8 Å². The molecule has 1 unspecified atom stereocenters. The van der Waals surface area contributed by atoms with Crippen LogP contribution < -0.4 is 0 Å². The molecule has 1 fully saturated rings. The summed E-state index contributed by atoms with van der Waals surface area (Å²) in [6.07, 6.45) is -2.50. The molecule has 14 heteroatoms. The highest BCUT2D eigenvalue weighted by Gasteiger charge is 2.44. The van der Waals surface area contributed by atoms with Gasteiger partial charge in [0.15, 0.2) is 0 Å². The lowest BCUT2D eigenvalue weighted by atomic mass is 10.0. The molecule has 1 rings (SSSR count). The quantitative estimate of drug-likeness (QED) is 0.127. The van der Waals surface area contributed by atoms with Crippen LogP contribution in [0.4, 0.5) is 0 Å². The van der Waals surface area contributed by atoms with Crippen molar-refractivity contribution in [2.45, 2.75) is 42.7 Å².